The minimum atomic E-state index is -2.98. The van der Waals surface area contributed by atoms with Gasteiger partial charge in [-0.05, 0) is 44.4 Å². The van der Waals surface area contributed by atoms with E-state index in [0.29, 0.717) is 30.7 Å². The van der Waals surface area contributed by atoms with Gasteiger partial charge in [0.15, 0.2) is 0 Å². The van der Waals surface area contributed by atoms with Crippen LogP contribution in [0.15, 0.2) is 0 Å². The van der Waals surface area contributed by atoms with E-state index >= 15 is 0 Å². The van der Waals surface area contributed by atoms with Gasteiger partial charge in [0.2, 0.25) is 10.0 Å². The van der Waals surface area contributed by atoms with Gasteiger partial charge in [0.05, 0.1) is 5.75 Å². The van der Waals surface area contributed by atoms with Crippen molar-refractivity contribution in [2.45, 2.75) is 38.0 Å². The van der Waals surface area contributed by atoms with Crippen LogP contribution in [0.5, 0.6) is 0 Å². The second-order valence-corrected chi connectivity index (χ2v) is 7.84. The van der Waals surface area contributed by atoms with Crippen LogP contribution in [0, 0.1) is 11.8 Å². The minimum Gasteiger partial charge on any atom is -0.212 e. The van der Waals surface area contributed by atoms with Crippen LogP contribution >= 0.6 is 11.6 Å². The molecule has 3 nitrogen and oxygen atoms in total. The molecule has 1 atom stereocenters. The zero-order valence-electron chi connectivity index (χ0n) is 9.73. The summed E-state index contributed by atoms with van der Waals surface area (Å²) in [6.45, 7) is 3.33. The van der Waals surface area contributed by atoms with Crippen LogP contribution in [-0.4, -0.2) is 36.9 Å². The van der Waals surface area contributed by atoms with Gasteiger partial charge in [-0.1, -0.05) is 0 Å². The molecule has 2 rings (SSSR count). The predicted octanol–water partition coefficient (Wildman–Crippen LogP) is 2.07. The molecule has 0 N–H and O–H groups in total. The summed E-state index contributed by atoms with van der Waals surface area (Å²) >= 11 is 6.04. The highest BCUT2D eigenvalue weighted by Crippen LogP contribution is 2.32. The lowest BCUT2D eigenvalue weighted by atomic mass is 9.95. The number of rotatable bonds is 4. The van der Waals surface area contributed by atoms with Gasteiger partial charge in [-0.25, -0.2) is 12.7 Å². The quantitative estimate of drug-likeness (QED) is 0.730. The van der Waals surface area contributed by atoms with E-state index in [1.807, 2.05) is 6.92 Å². The fourth-order valence-corrected chi connectivity index (χ4v) is 4.46. The first-order valence-electron chi connectivity index (χ1n) is 6.11. The lowest BCUT2D eigenvalue weighted by molar-refractivity contribution is 0.271. The SMILES string of the molecule is CC(Cl)C1CCN(S(=O)(=O)CC2CC2)CC1. The first kappa shape index (κ1) is 12.7. The third kappa shape index (κ3) is 3.11. The molecule has 16 heavy (non-hydrogen) atoms. The van der Waals surface area contributed by atoms with Crippen molar-refractivity contribution >= 4 is 21.6 Å². The van der Waals surface area contributed by atoms with Crippen LogP contribution in [0.4, 0.5) is 0 Å². The van der Waals surface area contributed by atoms with Gasteiger partial charge >= 0.3 is 0 Å². The van der Waals surface area contributed by atoms with Gasteiger partial charge in [-0.2, -0.15) is 0 Å². The van der Waals surface area contributed by atoms with Crippen molar-refractivity contribution in [3.63, 3.8) is 0 Å². The largest absolute Gasteiger partial charge is 0.214 e. The molecule has 0 bridgehead atoms. The lowest BCUT2D eigenvalue weighted by Gasteiger charge is -2.32. The summed E-state index contributed by atoms with van der Waals surface area (Å²) in [5.41, 5.74) is 0. The minimum absolute atomic E-state index is 0.160. The average molecular weight is 266 g/mol. The molecule has 5 heteroatoms. The summed E-state index contributed by atoms with van der Waals surface area (Å²) in [6, 6.07) is 0. The third-order valence-electron chi connectivity index (χ3n) is 3.68. The van der Waals surface area contributed by atoms with Crippen LogP contribution in [0.3, 0.4) is 0 Å². The highest BCUT2D eigenvalue weighted by molar-refractivity contribution is 7.89. The standard InChI is InChI=1S/C11H20ClNO2S/c1-9(12)11-4-6-13(7-5-11)16(14,15)8-10-2-3-10/h9-11H,2-8H2,1H3. The first-order valence-corrected chi connectivity index (χ1v) is 8.15. The van der Waals surface area contributed by atoms with Crippen LogP contribution in [0.1, 0.15) is 32.6 Å². The fraction of sp³-hybridized carbons (Fsp3) is 1.00. The number of alkyl halides is 1. The number of hydrogen-bond acceptors (Lipinski definition) is 2. The van der Waals surface area contributed by atoms with E-state index in [1.54, 1.807) is 4.31 Å². The normalized spacial score (nSPS) is 26.9. The Morgan fingerprint density at radius 1 is 1.25 bits per heavy atom. The summed E-state index contributed by atoms with van der Waals surface area (Å²) in [5.74, 6) is 1.29. The molecule has 1 saturated carbocycles. The van der Waals surface area contributed by atoms with Crippen LogP contribution in [0.2, 0.25) is 0 Å². The molecule has 1 aliphatic carbocycles. The van der Waals surface area contributed by atoms with Crippen molar-refractivity contribution in [3.8, 4) is 0 Å². The van der Waals surface area contributed by atoms with Crippen molar-refractivity contribution in [2.75, 3.05) is 18.8 Å². The topological polar surface area (TPSA) is 37.4 Å². The maximum atomic E-state index is 12.0. The van der Waals surface area contributed by atoms with Gasteiger partial charge < -0.3 is 0 Å². The van der Waals surface area contributed by atoms with Crippen LogP contribution < -0.4 is 0 Å². The van der Waals surface area contributed by atoms with Crippen LogP contribution in [0.25, 0.3) is 0 Å². The summed E-state index contributed by atoms with van der Waals surface area (Å²) < 4.78 is 25.7. The Morgan fingerprint density at radius 2 is 1.81 bits per heavy atom. The molecular weight excluding hydrogens is 246 g/mol. The van der Waals surface area contributed by atoms with E-state index in [0.717, 1.165) is 25.7 Å². The zero-order chi connectivity index (χ0) is 11.8. The predicted molar refractivity (Wildman–Crippen MR) is 66.1 cm³/mol. The Kier molecular flexibility index (Phi) is 3.82. The molecule has 2 fully saturated rings. The molecule has 0 radical (unpaired) electrons. The van der Waals surface area contributed by atoms with Gasteiger partial charge in [-0.3, -0.25) is 0 Å². The molecule has 0 aromatic carbocycles. The van der Waals surface area contributed by atoms with Gasteiger partial charge in [0.1, 0.15) is 0 Å². The van der Waals surface area contributed by atoms with Gasteiger partial charge in [-0.15, -0.1) is 11.6 Å². The molecule has 2 aliphatic rings. The van der Waals surface area contributed by atoms with E-state index in [9.17, 15) is 8.42 Å². The second kappa shape index (κ2) is 4.83. The number of piperidine rings is 1. The molecule has 0 aromatic heterocycles. The molecule has 1 heterocycles. The molecule has 1 unspecified atom stereocenters. The van der Waals surface area contributed by atoms with E-state index < -0.39 is 10.0 Å². The third-order valence-corrected chi connectivity index (χ3v) is 6.09. The Hall–Kier alpha value is 0.200. The van der Waals surface area contributed by atoms with E-state index in [1.165, 1.54) is 0 Å². The van der Waals surface area contributed by atoms with E-state index in [2.05, 4.69) is 0 Å². The Balaban J connectivity index is 1.87. The number of hydrogen-bond donors (Lipinski definition) is 0. The smallest absolute Gasteiger partial charge is 0.212 e. The zero-order valence-corrected chi connectivity index (χ0v) is 11.3. The van der Waals surface area contributed by atoms with Crippen molar-refractivity contribution in [1.82, 2.24) is 4.31 Å². The maximum absolute atomic E-state index is 12.0. The van der Waals surface area contributed by atoms with Gasteiger partial charge in [0.25, 0.3) is 0 Å². The number of sulfonamides is 1. The van der Waals surface area contributed by atoms with Crippen molar-refractivity contribution in [2.24, 2.45) is 11.8 Å². The monoisotopic (exact) mass is 265 g/mol. The van der Waals surface area contributed by atoms with Crippen molar-refractivity contribution < 1.29 is 8.42 Å². The molecular formula is C11H20ClNO2S. The Labute approximate surface area is 103 Å². The summed E-state index contributed by atoms with van der Waals surface area (Å²) in [5, 5.41) is 0.160. The summed E-state index contributed by atoms with van der Waals surface area (Å²) in [6.07, 6.45) is 4.01. The van der Waals surface area contributed by atoms with Gasteiger partial charge in [0, 0.05) is 18.5 Å². The highest BCUT2D eigenvalue weighted by atomic mass is 35.5. The van der Waals surface area contributed by atoms with Crippen molar-refractivity contribution in [3.05, 3.63) is 0 Å². The highest BCUT2D eigenvalue weighted by Gasteiger charge is 2.34. The first-order chi connectivity index (χ1) is 7.49. The Bertz CT molecular complexity index is 330. The molecule has 94 valence electrons. The van der Waals surface area contributed by atoms with Crippen LogP contribution in [-0.2, 0) is 10.0 Å². The molecule has 0 amide bonds. The summed E-state index contributed by atoms with van der Waals surface area (Å²) in [4.78, 5) is 0. The second-order valence-electron chi connectivity index (χ2n) is 5.14. The lowest BCUT2D eigenvalue weighted by Crippen LogP contribution is -2.41. The molecule has 0 aromatic rings. The molecule has 0 spiro atoms. The average Bonchev–Trinajstić information content (AvgIpc) is 3.01. The maximum Gasteiger partial charge on any atom is 0.214 e. The van der Waals surface area contributed by atoms with Crippen molar-refractivity contribution in [1.29, 1.82) is 0 Å². The number of nitrogens with zero attached hydrogens (tertiary/aromatic N) is 1. The summed E-state index contributed by atoms with van der Waals surface area (Å²) in [7, 11) is -2.98. The molecule has 1 saturated heterocycles. The van der Waals surface area contributed by atoms with E-state index in [-0.39, 0.29) is 5.38 Å². The fourth-order valence-electron chi connectivity index (χ4n) is 2.30. The Morgan fingerprint density at radius 3 is 2.25 bits per heavy atom. The molecule has 1 aliphatic heterocycles. The number of halogens is 1. The van der Waals surface area contributed by atoms with E-state index in [4.69, 9.17) is 11.6 Å².